The van der Waals surface area contributed by atoms with Crippen LogP contribution in [-0.4, -0.2) is 47.4 Å². The normalized spacial score (nSPS) is 24.2. The summed E-state index contributed by atoms with van der Waals surface area (Å²) in [5.74, 6) is -0.447. The number of piperidine rings is 1. The minimum Gasteiger partial charge on any atom is -0.368 e. The van der Waals surface area contributed by atoms with E-state index in [1.54, 1.807) is 6.07 Å². The molecule has 23 heavy (non-hydrogen) atoms. The number of rotatable bonds is 4. The van der Waals surface area contributed by atoms with Crippen LogP contribution in [-0.2, 0) is 11.3 Å². The van der Waals surface area contributed by atoms with Crippen molar-refractivity contribution in [2.45, 2.75) is 44.3 Å². The molecule has 2 aliphatic rings. The van der Waals surface area contributed by atoms with Crippen LogP contribution in [0.2, 0.25) is 5.02 Å². The van der Waals surface area contributed by atoms with Crippen LogP contribution in [0.4, 0.5) is 4.39 Å². The molecule has 126 valence electrons. The summed E-state index contributed by atoms with van der Waals surface area (Å²) in [6.45, 7) is 3.50. The summed E-state index contributed by atoms with van der Waals surface area (Å²) >= 11 is 6.15. The van der Waals surface area contributed by atoms with E-state index in [2.05, 4.69) is 9.80 Å². The monoisotopic (exact) mass is 339 g/mol. The Hall–Kier alpha value is -1.17. The molecule has 1 atom stereocenters. The molecule has 2 saturated heterocycles. The van der Waals surface area contributed by atoms with E-state index in [1.165, 1.54) is 12.1 Å². The van der Waals surface area contributed by atoms with Gasteiger partial charge in [0.05, 0.1) is 6.04 Å². The Balaban J connectivity index is 1.56. The zero-order valence-electron chi connectivity index (χ0n) is 13.2. The van der Waals surface area contributed by atoms with Gasteiger partial charge < -0.3 is 5.73 Å². The number of hydrogen-bond donors (Lipinski definition) is 1. The molecule has 2 aliphatic heterocycles. The fourth-order valence-electron chi connectivity index (χ4n) is 3.85. The number of amides is 1. The summed E-state index contributed by atoms with van der Waals surface area (Å²) in [6, 6.07) is 4.84. The Morgan fingerprint density at radius 1 is 1.26 bits per heavy atom. The second-order valence-corrected chi connectivity index (χ2v) is 6.95. The first-order valence-corrected chi connectivity index (χ1v) is 8.64. The van der Waals surface area contributed by atoms with Gasteiger partial charge >= 0.3 is 0 Å². The summed E-state index contributed by atoms with van der Waals surface area (Å²) in [6.07, 6.45) is 3.95. The Bertz CT molecular complexity index is 575. The van der Waals surface area contributed by atoms with Crippen molar-refractivity contribution >= 4 is 17.5 Å². The van der Waals surface area contributed by atoms with Crippen LogP contribution in [0.25, 0.3) is 0 Å². The van der Waals surface area contributed by atoms with Crippen molar-refractivity contribution in [3.8, 4) is 0 Å². The third-order valence-corrected chi connectivity index (χ3v) is 5.42. The highest BCUT2D eigenvalue weighted by Gasteiger charge is 2.35. The molecule has 0 spiro atoms. The van der Waals surface area contributed by atoms with Gasteiger partial charge in [0.15, 0.2) is 0 Å². The standard InChI is InChI=1S/C17H23ClFN3O/c18-15-4-3-13(19)10-12(15)11-21-8-5-14(6-9-21)22-7-1-2-16(22)17(20)23/h3-4,10,14,16H,1-2,5-9,11H2,(H2,20,23)/t16-/m0/s1. The lowest BCUT2D eigenvalue weighted by molar-refractivity contribution is -0.123. The molecule has 0 aromatic heterocycles. The van der Waals surface area contributed by atoms with Crippen LogP contribution in [0.1, 0.15) is 31.2 Å². The van der Waals surface area contributed by atoms with Crippen LogP contribution in [0.5, 0.6) is 0 Å². The predicted molar refractivity (Wildman–Crippen MR) is 88.6 cm³/mol. The molecule has 4 nitrogen and oxygen atoms in total. The van der Waals surface area contributed by atoms with E-state index >= 15 is 0 Å². The van der Waals surface area contributed by atoms with Gasteiger partial charge in [-0.25, -0.2) is 4.39 Å². The molecule has 2 N–H and O–H groups in total. The number of carbonyl (C=O) groups is 1. The lowest BCUT2D eigenvalue weighted by Crippen LogP contribution is -2.50. The zero-order chi connectivity index (χ0) is 16.4. The van der Waals surface area contributed by atoms with E-state index in [1.807, 2.05) is 0 Å². The largest absolute Gasteiger partial charge is 0.368 e. The summed E-state index contributed by atoms with van der Waals surface area (Å²) in [4.78, 5) is 16.1. The first kappa shape index (κ1) is 16.7. The summed E-state index contributed by atoms with van der Waals surface area (Å²) in [5, 5.41) is 0.613. The highest BCUT2D eigenvalue weighted by Crippen LogP contribution is 2.27. The Morgan fingerprint density at radius 3 is 2.70 bits per heavy atom. The van der Waals surface area contributed by atoms with Gasteiger partial charge in [0, 0.05) is 17.6 Å². The van der Waals surface area contributed by atoms with E-state index in [9.17, 15) is 9.18 Å². The number of benzene rings is 1. The van der Waals surface area contributed by atoms with Gasteiger partial charge in [0.2, 0.25) is 5.91 Å². The van der Waals surface area contributed by atoms with Gasteiger partial charge in [-0.1, -0.05) is 11.6 Å². The zero-order valence-corrected chi connectivity index (χ0v) is 13.9. The van der Waals surface area contributed by atoms with Gasteiger partial charge in [0.25, 0.3) is 0 Å². The third kappa shape index (κ3) is 3.84. The minimum atomic E-state index is -0.249. The van der Waals surface area contributed by atoms with Crippen molar-refractivity contribution in [3.05, 3.63) is 34.6 Å². The first-order valence-electron chi connectivity index (χ1n) is 8.26. The number of carbonyl (C=O) groups excluding carboxylic acids is 1. The quantitative estimate of drug-likeness (QED) is 0.916. The predicted octanol–water partition coefficient (Wildman–Crippen LogP) is 2.39. The highest BCUT2D eigenvalue weighted by atomic mass is 35.5. The smallest absolute Gasteiger partial charge is 0.234 e. The Morgan fingerprint density at radius 2 is 2.00 bits per heavy atom. The molecule has 2 heterocycles. The van der Waals surface area contributed by atoms with Gasteiger partial charge in [-0.05, 0) is 69.1 Å². The topological polar surface area (TPSA) is 49.6 Å². The number of halogens is 2. The average molecular weight is 340 g/mol. The van der Waals surface area contributed by atoms with Gasteiger partial charge in [-0.2, -0.15) is 0 Å². The van der Waals surface area contributed by atoms with Crippen LogP contribution in [0.3, 0.4) is 0 Å². The van der Waals surface area contributed by atoms with Crippen molar-refractivity contribution in [2.75, 3.05) is 19.6 Å². The maximum absolute atomic E-state index is 13.4. The van der Waals surface area contributed by atoms with E-state index in [4.69, 9.17) is 17.3 Å². The van der Waals surface area contributed by atoms with Crippen molar-refractivity contribution in [3.63, 3.8) is 0 Å². The second kappa shape index (κ2) is 7.16. The molecule has 6 heteroatoms. The number of primary amides is 1. The first-order chi connectivity index (χ1) is 11.0. The Kier molecular flexibility index (Phi) is 5.19. The van der Waals surface area contributed by atoms with Gasteiger partial charge in [-0.15, -0.1) is 0 Å². The summed E-state index contributed by atoms with van der Waals surface area (Å²) < 4.78 is 13.4. The maximum atomic E-state index is 13.4. The van der Waals surface area contributed by atoms with Crippen molar-refractivity contribution in [1.82, 2.24) is 9.80 Å². The Labute approximate surface area is 141 Å². The second-order valence-electron chi connectivity index (χ2n) is 6.54. The highest BCUT2D eigenvalue weighted by molar-refractivity contribution is 6.31. The number of hydrogen-bond acceptors (Lipinski definition) is 3. The average Bonchev–Trinajstić information content (AvgIpc) is 3.01. The number of nitrogens with two attached hydrogens (primary N) is 1. The molecule has 3 rings (SSSR count). The van der Waals surface area contributed by atoms with Crippen molar-refractivity contribution in [1.29, 1.82) is 0 Å². The van der Waals surface area contributed by atoms with E-state index in [0.717, 1.165) is 50.9 Å². The van der Waals surface area contributed by atoms with Crippen molar-refractivity contribution in [2.24, 2.45) is 5.73 Å². The molecule has 0 radical (unpaired) electrons. The molecule has 1 aromatic rings. The SMILES string of the molecule is NC(=O)[C@@H]1CCCN1C1CCN(Cc2cc(F)ccc2Cl)CC1. The van der Waals surface area contributed by atoms with Gasteiger partial charge in [-0.3, -0.25) is 14.6 Å². The molecule has 1 aromatic carbocycles. The molecule has 1 amide bonds. The fourth-order valence-corrected chi connectivity index (χ4v) is 4.02. The van der Waals surface area contributed by atoms with Crippen LogP contribution < -0.4 is 5.73 Å². The van der Waals surface area contributed by atoms with E-state index < -0.39 is 0 Å². The third-order valence-electron chi connectivity index (χ3n) is 5.05. The number of likely N-dealkylation sites (tertiary alicyclic amines) is 2. The lowest BCUT2D eigenvalue weighted by Gasteiger charge is -2.38. The van der Waals surface area contributed by atoms with E-state index in [0.29, 0.717) is 17.6 Å². The summed E-state index contributed by atoms with van der Waals surface area (Å²) in [5.41, 5.74) is 6.35. The molecule has 0 bridgehead atoms. The molecular formula is C17H23ClFN3O. The lowest BCUT2D eigenvalue weighted by atomic mass is 10.0. The maximum Gasteiger partial charge on any atom is 0.234 e. The van der Waals surface area contributed by atoms with Gasteiger partial charge in [0.1, 0.15) is 5.82 Å². The van der Waals surface area contributed by atoms with Crippen LogP contribution >= 0.6 is 11.6 Å². The minimum absolute atomic E-state index is 0.0933. The van der Waals surface area contributed by atoms with Crippen LogP contribution in [0.15, 0.2) is 18.2 Å². The van der Waals surface area contributed by atoms with Crippen molar-refractivity contribution < 1.29 is 9.18 Å². The molecular weight excluding hydrogens is 317 g/mol. The summed E-state index contributed by atoms with van der Waals surface area (Å²) in [7, 11) is 0. The molecule has 0 saturated carbocycles. The number of nitrogens with zero attached hydrogens (tertiary/aromatic N) is 2. The fraction of sp³-hybridized carbons (Fsp3) is 0.588. The molecule has 0 aliphatic carbocycles. The molecule has 2 fully saturated rings. The van der Waals surface area contributed by atoms with Crippen LogP contribution in [0, 0.1) is 5.82 Å². The van der Waals surface area contributed by atoms with E-state index in [-0.39, 0.29) is 17.8 Å². The molecule has 0 unspecified atom stereocenters.